The smallest absolute Gasteiger partial charge is 0.222 e. The van der Waals surface area contributed by atoms with Crippen molar-refractivity contribution in [1.82, 2.24) is 9.80 Å². The number of ketones is 1. The van der Waals surface area contributed by atoms with Crippen LogP contribution in [0.2, 0.25) is 0 Å². The molecule has 2 aliphatic heterocycles. The highest BCUT2D eigenvalue weighted by molar-refractivity contribution is 5.78. The van der Waals surface area contributed by atoms with Crippen molar-refractivity contribution in [3.05, 3.63) is 23.3 Å². The molecule has 6 rings (SSSR count). The third-order valence-electron chi connectivity index (χ3n) is 10.9. The fraction of sp³-hybridized carbons (Fsp3) is 0.750. The molecule has 2 saturated carbocycles. The Morgan fingerprint density at radius 2 is 1.95 bits per heavy atom. The van der Waals surface area contributed by atoms with Gasteiger partial charge in [0.1, 0.15) is 11.9 Å². The number of hydrogen-bond donors (Lipinski definition) is 0. The van der Waals surface area contributed by atoms with Gasteiger partial charge in [0.2, 0.25) is 5.91 Å². The van der Waals surface area contributed by atoms with Gasteiger partial charge in [-0.3, -0.25) is 14.5 Å². The van der Waals surface area contributed by atoms with Gasteiger partial charge in [0.25, 0.3) is 0 Å². The fourth-order valence-corrected chi connectivity index (χ4v) is 9.17. The first-order valence-electron chi connectivity index (χ1n) is 15.3. The first kappa shape index (κ1) is 26.2. The van der Waals surface area contributed by atoms with E-state index in [-0.39, 0.29) is 29.3 Å². The summed E-state index contributed by atoms with van der Waals surface area (Å²) in [6, 6.07) is 4.69. The van der Waals surface area contributed by atoms with Gasteiger partial charge in [0.05, 0.1) is 19.7 Å². The number of carbonyl (C=O) groups excluding carboxylic acids is 2. The summed E-state index contributed by atoms with van der Waals surface area (Å²) in [5.74, 6) is 3.56. The number of likely N-dealkylation sites (N-methyl/N-ethyl adjacent to an activating group) is 1. The maximum atomic E-state index is 13.5. The molecular formula is C32H46N2O4. The van der Waals surface area contributed by atoms with Crippen molar-refractivity contribution in [1.29, 1.82) is 0 Å². The maximum Gasteiger partial charge on any atom is 0.222 e. The zero-order chi connectivity index (χ0) is 26.4. The predicted octanol–water partition coefficient (Wildman–Crippen LogP) is 5.29. The lowest BCUT2D eigenvalue weighted by molar-refractivity contribution is -0.141. The summed E-state index contributed by atoms with van der Waals surface area (Å²) in [7, 11) is 3.74. The monoisotopic (exact) mass is 522 g/mol. The number of Topliss-reactive ketones (excluding diaryl/α,β-unsaturated/α-hetero) is 1. The van der Waals surface area contributed by atoms with E-state index in [0.29, 0.717) is 24.9 Å². The SMILES string of the molecule is COc1ccc2c3c1O[C@H]1[C@H](N(C)C(=O)CCCCC4CCCCC4)CC[C@H]4[C@@H](C2)N(CC(C)=O)CC[C@@]341. The van der Waals surface area contributed by atoms with Crippen LogP contribution in [0.15, 0.2) is 12.1 Å². The van der Waals surface area contributed by atoms with E-state index < -0.39 is 0 Å². The van der Waals surface area contributed by atoms with E-state index in [9.17, 15) is 9.59 Å². The fourth-order valence-electron chi connectivity index (χ4n) is 9.17. The molecule has 5 atom stereocenters. The average molecular weight is 523 g/mol. The molecular weight excluding hydrogens is 476 g/mol. The van der Waals surface area contributed by atoms with E-state index in [4.69, 9.17) is 9.47 Å². The second-order valence-electron chi connectivity index (χ2n) is 12.9. The van der Waals surface area contributed by atoms with Crippen LogP contribution in [0.25, 0.3) is 0 Å². The van der Waals surface area contributed by atoms with Crippen molar-refractivity contribution in [2.24, 2.45) is 11.8 Å². The quantitative estimate of drug-likeness (QED) is 0.413. The second kappa shape index (κ2) is 10.5. The minimum atomic E-state index is -0.103. The normalized spacial score (nSPS) is 31.9. The molecule has 208 valence electrons. The molecule has 1 saturated heterocycles. The minimum Gasteiger partial charge on any atom is -0.493 e. The molecule has 0 N–H and O–H groups in total. The summed E-state index contributed by atoms with van der Waals surface area (Å²) >= 11 is 0. The number of rotatable bonds is 9. The second-order valence-corrected chi connectivity index (χ2v) is 12.9. The van der Waals surface area contributed by atoms with Gasteiger partial charge in [0, 0.05) is 30.5 Å². The average Bonchev–Trinajstić information content (AvgIpc) is 3.27. The van der Waals surface area contributed by atoms with Crippen LogP contribution >= 0.6 is 0 Å². The van der Waals surface area contributed by atoms with Crippen molar-refractivity contribution >= 4 is 11.7 Å². The Balaban J connectivity index is 1.21. The van der Waals surface area contributed by atoms with Crippen LogP contribution < -0.4 is 9.47 Å². The molecule has 1 aromatic rings. The number of methoxy groups -OCH3 is 1. The molecule has 1 aromatic carbocycles. The lowest BCUT2D eigenvalue weighted by atomic mass is 9.51. The third-order valence-corrected chi connectivity index (χ3v) is 10.9. The van der Waals surface area contributed by atoms with E-state index in [2.05, 4.69) is 11.0 Å². The van der Waals surface area contributed by atoms with E-state index in [1.165, 1.54) is 56.1 Å². The number of benzene rings is 1. The lowest BCUT2D eigenvalue weighted by Crippen LogP contribution is -2.69. The van der Waals surface area contributed by atoms with Crippen LogP contribution in [-0.4, -0.2) is 66.9 Å². The first-order chi connectivity index (χ1) is 18.4. The Kier molecular flexibility index (Phi) is 7.21. The largest absolute Gasteiger partial charge is 0.493 e. The molecule has 3 fully saturated rings. The summed E-state index contributed by atoms with van der Waals surface area (Å²) in [4.78, 5) is 30.1. The summed E-state index contributed by atoms with van der Waals surface area (Å²) in [5, 5.41) is 0. The van der Waals surface area contributed by atoms with Crippen molar-refractivity contribution in [2.45, 2.75) is 114 Å². The molecule has 1 amide bonds. The molecule has 0 unspecified atom stereocenters. The summed E-state index contributed by atoms with van der Waals surface area (Å²) in [6.07, 6.45) is 14.9. The Morgan fingerprint density at radius 3 is 2.71 bits per heavy atom. The predicted molar refractivity (Wildman–Crippen MR) is 148 cm³/mol. The van der Waals surface area contributed by atoms with Gasteiger partial charge in [-0.15, -0.1) is 0 Å². The summed E-state index contributed by atoms with van der Waals surface area (Å²) in [6.45, 7) is 3.14. The lowest BCUT2D eigenvalue weighted by Gasteiger charge is -2.60. The Labute approximate surface area is 228 Å². The highest BCUT2D eigenvalue weighted by Crippen LogP contribution is 2.64. The molecule has 0 radical (unpaired) electrons. The number of carbonyl (C=O) groups is 2. The number of ether oxygens (including phenoxy) is 2. The molecule has 6 heteroatoms. The van der Waals surface area contributed by atoms with Crippen LogP contribution in [0.5, 0.6) is 11.5 Å². The van der Waals surface area contributed by atoms with Crippen LogP contribution in [0.4, 0.5) is 0 Å². The van der Waals surface area contributed by atoms with Crippen molar-refractivity contribution < 1.29 is 19.1 Å². The number of piperidine rings is 1. The highest BCUT2D eigenvalue weighted by atomic mass is 16.5. The van der Waals surface area contributed by atoms with Crippen molar-refractivity contribution in [3.63, 3.8) is 0 Å². The number of hydrogen-bond acceptors (Lipinski definition) is 5. The van der Waals surface area contributed by atoms with Crippen LogP contribution in [0.3, 0.4) is 0 Å². The highest BCUT2D eigenvalue weighted by Gasteiger charge is 2.66. The van der Waals surface area contributed by atoms with Crippen molar-refractivity contribution in [2.75, 3.05) is 27.2 Å². The molecule has 38 heavy (non-hydrogen) atoms. The van der Waals surface area contributed by atoms with Gasteiger partial charge in [-0.1, -0.05) is 51.0 Å². The van der Waals surface area contributed by atoms with Gasteiger partial charge >= 0.3 is 0 Å². The topological polar surface area (TPSA) is 59.1 Å². The zero-order valence-corrected chi connectivity index (χ0v) is 23.7. The van der Waals surface area contributed by atoms with Gasteiger partial charge in [-0.05, 0) is 69.0 Å². The van der Waals surface area contributed by atoms with E-state index in [1.54, 1.807) is 14.0 Å². The Hall–Kier alpha value is -2.08. The molecule has 1 spiro atoms. The number of likely N-dealkylation sites (tertiary alicyclic amines) is 1. The number of unbranched alkanes of at least 4 members (excludes halogenated alkanes) is 1. The zero-order valence-electron chi connectivity index (χ0n) is 23.7. The first-order valence-corrected chi connectivity index (χ1v) is 15.3. The number of nitrogens with zero attached hydrogens (tertiary/aromatic N) is 2. The van der Waals surface area contributed by atoms with Gasteiger partial charge in [-0.25, -0.2) is 0 Å². The molecule has 2 bridgehead atoms. The van der Waals surface area contributed by atoms with Crippen LogP contribution in [-0.2, 0) is 21.4 Å². The molecule has 2 heterocycles. The van der Waals surface area contributed by atoms with E-state index >= 15 is 0 Å². The van der Waals surface area contributed by atoms with Crippen molar-refractivity contribution in [3.8, 4) is 11.5 Å². The van der Waals surface area contributed by atoms with Crippen LogP contribution in [0.1, 0.15) is 95.1 Å². The summed E-state index contributed by atoms with van der Waals surface area (Å²) in [5.41, 5.74) is 2.59. The van der Waals surface area contributed by atoms with E-state index in [0.717, 1.165) is 56.1 Å². The molecule has 0 aromatic heterocycles. The van der Waals surface area contributed by atoms with Crippen LogP contribution in [0, 0.1) is 11.8 Å². The van der Waals surface area contributed by atoms with Gasteiger partial charge in [0.15, 0.2) is 11.5 Å². The number of amides is 1. The maximum absolute atomic E-state index is 13.5. The summed E-state index contributed by atoms with van der Waals surface area (Å²) < 4.78 is 12.7. The Morgan fingerprint density at radius 1 is 1.13 bits per heavy atom. The molecule has 6 nitrogen and oxygen atoms in total. The minimum absolute atomic E-state index is 0.0511. The van der Waals surface area contributed by atoms with Gasteiger partial charge in [-0.2, -0.15) is 0 Å². The standard InChI is InChI=1S/C32H46N2O4/c1-21(35)20-34-18-17-32-24-14-15-25(33(2)28(36)12-8-7-11-22-9-5-4-6-10-22)31(32)38-30-27(37-3)16-13-23(29(30)32)19-26(24)34/h13,16,22,24-26,31H,4-12,14-15,17-20H2,1-3H3/t24-,25+,26+,31-,32-/m0/s1. The third kappa shape index (κ3) is 4.26. The molecule has 3 aliphatic carbocycles. The van der Waals surface area contributed by atoms with E-state index in [1.807, 2.05) is 18.0 Å². The van der Waals surface area contributed by atoms with Gasteiger partial charge < -0.3 is 14.4 Å². The molecule has 5 aliphatic rings. The Bertz CT molecular complexity index is 1070.